The number of aryl methyl sites for hydroxylation is 2. The maximum absolute atomic E-state index is 6.42. The second-order valence-corrected chi connectivity index (χ2v) is 5.66. The summed E-state index contributed by atoms with van der Waals surface area (Å²) in [5, 5.41) is 8.80. The van der Waals surface area contributed by atoms with E-state index in [0.717, 1.165) is 35.1 Å². The Morgan fingerprint density at radius 3 is 2.70 bits per heavy atom. The smallest absolute Gasteiger partial charge is 0.0868 e. The second kappa shape index (κ2) is 7.04. The van der Waals surface area contributed by atoms with Crippen molar-refractivity contribution in [3.8, 4) is 0 Å². The fourth-order valence-electron chi connectivity index (χ4n) is 2.16. The molecule has 0 radical (unpaired) electrons. The van der Waals surface area contributed by atoms with Crippen LogP contribution in [0.15, 0.2) is 29.2 Å². The van der Waals surface area contributed by atoms with Crippen molar-refractivity contribution in [3.63, 3.8) is 0 Å². The highest BCUT2D eigenvalue weighted by molar-refractivity contribution is 7.98. The molecule has 0 aliphatic rings. The molecule has 1 N–H and O–H groups in total. The average Bonchev–Trinajstić information content (AvgIpc) is 2.81. The largest absolute Gasteiger partial charge is 0.378 e. The first kappa shape index (κ1) is 15.3. The lowest BCUT2D eigenvalue weighted by Gasteiger charge is -2.11. The summed E-state index contributed by atoms with van der Waals surface area (Å²) < 4.78 is 1.98. The zero-order chi connectivity index (χ0) is 14.5. The van der Waals surface area contributed by atoms with E-state index in [1.807, 2.05) is 10.7 Å². The van der Waals surface area contributed by atoms with Gasteiger partial charge in [-0.1, -0.05) is 30.7 Å². The molecular weight excluding hydrogens is 290 g/mol. The van der Waals surface area contributed by atoms with Gasteiger partial charge in [0, 0.05) is 17.1 Å². The van der Waals surface area contributed by atoms with Gasteiger partial charge < -0.3 is 5.32 Å². The summed E-state index contributed by atoms with van der Waals surface area (Å²) in [5.41, 5.74) is 3.17. The van der Waals surface area contributed by atoms with Gasteiger partial charge in [-0.3, -0.25) is 4.68 Å². The van der Waals surface area contributed by atoms with Gasteiger partial charge in [-0.05, 0) is 31.7 Å². The lowest BCUT2D eigenvalue weighted by atomic mass is 10.2. The highest BCUT2D eigenvalue weighted by atomic mass is 35.5. The third-order valence-corrected chi connectivity index (χ3v) is 4.48. The number of thioether (sulfide) groups is 1. The summed E-state index contributed by atoms with van der Waals surface area (Å²) in [6, 6.07) is 8.30. The minimum atomic E-state index is 0.692. The predicted octanol–water partition coefficient (Wildman–Crippen LogP) is 4.45. The SMILES string of the molecule is CCc1nn(CC)c(CNc2ccccc2SC)c1Cl. The fraction of sp³-hybridized carbons (Fsp3) is 0.400. The van der Waals surface area contributed by atoms with Gasteiger partial charge in [0.05, 0.1) is 23.0 Å². The van der Waals surface area contributed by atoms with Gasteiger partial charge in [0.25, 0.3) is 0 Å². The number of nitrogens with one attached hydrogen (secondary N) is 1. The molecular formula is C15H20ClN3S. The topological polar surface area (TPSA) is 29.9 Å². The van der Waals surface area contributed by atoms with Crippen LogP contribution in [0.5, 0.6) is 0 Å². The first-order valence-electron chi connectivity index (χ1n) is 6.82. The number of hydrogen-bond acceptors (Lipinski definition) is 3. The minimum absolute atomic E-state index is 0.692. The van der Waals surface area contributed by atoms with Crippen LogP contribution < -0.4 is 5.32 Å². The van der Waals surface area contributed by atoms with E-state index in [9.17, 15) is 0 Å². The molecule has 5 heteroatoms. The van der Waals surface area contributed by atoms with Gasteiger partial charge in [0.1, 0.15) is 0 Å². The number of nitrogens with zero attached hydrogens (tertiary/aromatic N) is 2. The number of rotatable bonds is 6. The standard InChI is InChI=1S/C15H20ClN3S/c1-4-11-15(16)13(19(5-2)18-11)10-17-12-8-6-7-9-14(12)20-3/h6-9,17H,4-5,10H2,1-3H3. The van der Waals surface area contributed by atoms with E-state index in [0.29, 0.717) is 6.54 Å². The highest BCUT2D eigenvalue weighted by Crippen LogP contribution is 2.27. The molecule has 0 atom stereocenters. The van der Waals surface area contributed by atoms with Crippen molar-refractivity contribution in [1.82, 2.24) is 9.78 Å². The quantitative estimate of drug-likeness (QED) is 0.799. The minimum Gasteiger partial charge on any atom is -0.378 e. The van der Waals surface area contributed by atoms with Crippen LogP contribution in [0.2, 0.25) is 5.02 Å². The van der Waals surface area contributed by atoms with Crippen LogP contribution in [0.4, 0.5) is 5.69 Å². The summed E-state index contributed by atoms with van der Waals surface area (Å²) in [5.74, 6) is 0. The molecule has 2 aromatic rings. The molecule has 0 unspecified atom stereocenters. The molecule has 3 nitrogen and oxygen atoms in total. The molecule has 0 saturated carbocycles. The Bertz CT molecular complexity index is 580. The van der Waals surface area contributed by atoms with Crippen molar-refractivity contribution in [1.29, 1.82) is 0 Å². The van der Waals surface area contributed by atoms with Crippen LogP contribution in [-0.4, -0.2) is 16.0 Å². The molecule has 0 saturated heterocycles. The number of aromatic nitrogens is 2. The van der Waals surface area contributed by atoms with Crippen molar-refractivity contribution in [2.24, 2.45) is 0 Å². The van der Waals surface area contributed by atoms with Crippen LogP contribution in [0.3, 0.4) is 0 Å². The number of halogens is 1. The lowest BCUT2D eigenvalue weighted by molar-refractivity contribution is 0.619. The lowest BCUT2D eigenvalue weighted by Crippen LogP contribution is -2.08. The molecule has 1 aromatic heterocycles. The maximum Gasteiger partial charge on any atom is 0.0868 e. The summed E-state index contributed by atoms with van der Waals surface area (Å²) in [4.78, 5) is 1.24. The molecule has 2 rings (SSSR count). The monoisotopic (exact) mass is 309 g/mol. The normalized spacial score (nSPS) is 10.8. The third kappa shape index (κ3) is 3.13. The predicted molar refractivity (Wildman–Crippen MR) is 87.8 cm³/mol. The molecule has 0 spiro atoms. The second-order valence-electron chi connectivity index (χ2n) is 4.43. The molecule has 108 valence electrons. The number of hydrogen-bond donors (Lipinski definition) is 1. The highest BCUT2D eigenvalue weighted by Gasteiger charge is 2.14. The maximum atomic E-state index is 6.42. The van der Waals surface area contributed by atoms with Crippen LogP contribution in [0.25, 0.3) is 0 Å². The Hall–Kier alpha value is -1.13. The Balaban J connectivity index is 2.20. The van der Waals surface area contributed by atoms with E-state index in [-0.39, 0.29) is 0 Å². The first-order valence-corrected chi connectivity index (χ1v) is 8.42. The van der Waals surface area contributed by atoms with Crippen molar-refractivity contribution < 1.29 is 0 Å². The van der Waals surface area contributed by atoms with Gasteiger partial charge >= 0.3 is 0 Å². The summed E-state index contributed by atoms with van der Waals surface area (Å²) >= 11 is 8.16. The molecule has 0 amide bonds. The molecule has 0 bridgehead atoms. The third-order valence-electron chi connectivity index (χ3n) is 3.25. The number of anilines is 1. The number of benzene rings is 1. The summed E-state index contributed by atoms with van der Waals surface area (Å²) in [6.45, 7) is 5.69. The Labute approximate surface area is 129 Å². The van der Waals surface area contributed by atoms with Crippen LogP contribution >= 0.6 is 23.4 Å². The fourth-order valence-corrected chi connectivity index (χ4v) is 3.07. The van der Waals surface area contributed by atoms with Crippen LogP contribution in [0, 0.1) is 0 Å². The molecule has 0 aliphatic carbocycles. The average molecular weight is 310 g/mol. The molecule has 0 aliphatic heterocycles. The van der Waals surface area contributed by atoms with E-state index in [4.69, 9.17) is 11.6 Å². The van der Waals surface area contributed by atoms with Gasteiger partial charge in [-0.15, -0.1) is 11.8 Å². The van der Waals surface area contributed by atoms with E-state index in [1.165, 1.54) is 4.90 Å². The van der Waals surface area contributed by atoms with Crippen LogP contribution in [-0.2, 0) is 19.5 Å². The van der Waals surface area contributed by atoms with Crippen molar-refractivity contribution in [3.05, 3.63) is 40.7 Å². The summed E-state index contributed by atoms with van der Waals surface area (Å²) in [6.07, 6.45) is 2.94. The Kier molecular flexibility index (Phi) is 5.38. The Morgan fingerprint density at radius 2 is 2.05 bits per heavy atom. The van der Waals surface area contributed by atoms with E-state index in [1.54, 1.807) is 11.8 Å². The van der Waals surface area contributed by atoms with Gasteiger partial charge in [-0.2, -0.15) is 5.10 Å². The summed E-state index contributed by atoms with van der Waals surface area (Å²) in [7, 11) is 0. The zero-order valence-corrected chi connectivity index (χ0v) is 13.7. The van der Waals surface area contributed by atoms with E-state index in [2.05, 4.69) is 48.7 Å². The van der Waals surface area contributed by atoms with Crippen molar-refractivity contribution in [2.75, 3.05) is 11.6 Å². The van der Waals surface area contributed by atoms with Crippen LogP contribution in [0.1, 0.15) is 25.2 Å². The van der Waals surface area contributed by atoms with E-state index >= 15 is 0 Å². The Morgan fingerprint density at radius 1 is 1.30 bits per heavy atom. The molecule has 1 heterocycles. The van der Waals surface area contributed by atoms with Gasteiger partial charge in [-0.25, -0.2) is 0 Å². The van der Waals surface area contributed by atoms with Crippen molar-refractivity contribution in [2.45, 2.75) is 38.3 Å². The molecule has 20 heavy (non-hydrogen) atoms. The number of para-hydroxylation sites is 1. The molecule has 0 fully saturated rings. The van der Waals surface area contributed by atoms with Gasteiger partial charge in [0.15, 0.2) is 0 Å². The van der Waals surface area contributed by atoms with Crippen molar-refractivity contribution >= 4 is 29.1 Å². The first-order chi connectivity index (χ1) is 9.71. The van der Waals surface area contributed by atoms with E-state index < -0.39 is 0 Å². The van der Waals surface area contributed by atoms with Gasteiger partial charge in [0.2, 0.25) is 0 Å². The molecule has 1 aromatic carbocycles. The zero-order valence-electron chi connectivity index (χ0n) is 12.1.